The highest BCUT2D eigenvalue weighted by molar-refractivity contribution is 5.85. The van der Waals surface area contributed by atoms with Crippen molar-refractivity contribution in [1.82, 2.24) is 20.9 Å². The van der Waals surface area contributed by atoms with Gasteiger partial charge in [0.25, 0.3) is 0 Å². The monoisotopic (exact) mass is 832 g/mol. The molecular weight excluding hydrogens is 773 g/mol. The number of aromatic hydroxyl groups is 2. The van der Waals surface area contributed by atoms with E-state index in [0.29, 0.717) is 64.0 Å². The number of rotatable bonds is 15. The second-order valence-electron chi connectivity index (χ2n) is 17.6. The molecule has 0 saturated heterocycles. The van der Waals surface area contributed by atoms with E-state index in [9.17, 15) is 20.4 Å². The van der Waals surface area contributed by atoms with E-state index in [1.165, 1.54) is 24.8 Å². The first-order chi connectivity index (χ1) is 29.7. The van der Waals surface area contributed by atoms with Crippen molar-refractivity contribution in [2.45, 2.75) is 107 Å². The lowest BCUT2D eigenvalue weighted by Gasteiger charge is -2.47. The second kappa shape index (κ2) is 17.9. The van der Waals surface area contributed by atoms with Crippen molar-refractivity contribution in [3.8, 4) is 39.9 Å². The second-order valence-corrected chi connectivity index (χ2v) is 17.6. The first-order valence-electron chi connectivity index (χ1n) is 22.1. The van der Waals surface area contributed by atoms with Crippen LogP contribution in [0.1, 0.15) is 90.9 Å². The predicted molar refractivity (Wildman–Crippen MR) is 235 cm³/mol. The van der Waals surface area contributed by atoms with Gasteiger partial charge in [-0.1, -0.05) is 37.5 Å². The van der Waals surface area contributed by atoms with E-state index in [1.54, 1.807) is 26.2 Å². The van der Waals surface area contributed by atoms with E-state index in [0.717, 1.165) is 80.6 Å². The quantitative estimate of drug-likeness (QED) is 0.0420. The summed E-state index contributed by atoms with van der Waals surface area (Å²) < 4.78 is 27.2. The fourth-order valence-electron chi connectivity index (χ4n) is 10.3. The highest BCUT2D eigenvalue weighted by atomic mass is 16.6. The molecule has 0 amide bonds. The van der Waals surface area contributed by atoms with Crippen LogP contribution in [0.2, 0.25) is 0 Å². The van der Waals surface area contributed by atoms with E-state index < -0.39 is 17.8 Å². The van der Waals surface area contributed by atoms with Crippen LogP contribution in [-0.2, 0) is 30.4 Å². The summed E-state index contributed by atoms with van der Waals surface area (Å²) in [7, 11) is 1.55. The summed E-state index contributed by atoms with van der Waals surface area (Å²) >= 11 is 0. The summed E-state index contributed by atoms with van der Waals surface area (Å²) in [6.07, 6.45) is 9.52. The number of aliphatic hydroxyl groups is 2. The van der Waals surface area contributed by atoms with Crippen molar-refractivity contribution in [2.75, 3.05) is 40.2 Å². The Morgan fingerprint density at radius 2 is 1.79 bits per heavy atom. The minimum Gasteiger partial charge on any atom is -0.508 e. The Labute approximate surface area is 357 Å². The number of nitrogens with one attached hydrogen (secondary N) is 4. The summed E-state index contributed by atoms with van der Waals surface area (Å²) in [6, 6.07) is 20.1. The van der Waals surface area contributed by atoms with E-state index in [1.807, 2.05) is 30.5 Å². The van der Waals surface area contributed by atoms with Gasteiger partial charge in [-0.2, -0.15) is 0 Å². The largest absolute Gasteiger partial charge is 0.508 e. The van der Waals surface area contributed by atoms with Gasteiger partial charge in [0, 0.05) is 60.6 Å². The highest BCUT2D eigenvalue weighted by Crippen LogP contribution is 2.57. The Morgan fingerprint density at radius 3 is 2.61 bits per heavy atom. The van der Waals surface area contributed by atoms with Crippen LogP contribution in [0.15, 0.2) is 66.9 Å². The Bertz CT molecular complexity index is 2340. The van der Waals surface area contributed by atoms with Gasteiger partial charge in [0.05, 0.1) is 26.6 Å². The molecule has 5 aromatic rings. The summed E-state index contributed by atoms with van der Waals surface area (Å²) in [5, 5.41) is 54.0. The van der Waals surface area contributed by atoms with Crippen LogP contribution < -0.4 is 30.2 Å². The van der Waals surface area contributed by atoms with Gasteiger partial charge in [-0.25, -0.2) is 0 Å². The number of aromatic amines is 1. The average Bonchev–Trinajstić information content (AvgIpc) is 3.75. The zero-order chi connectivity index (χ0) is 42.1. The zero-order valence-electron chi connectivity index (χ0n) is 35.3. The maximum absolute atomic E-state index is 11.0. The van der Waals surface area contributed by atoms with Gasteiger partial charge >= 0.3 is 0 Å². The Hall–Kier alpha value is -4.82. The van der Waals surface area contributed by atoms with Crippen molar-refractivity contribution in [1.29, 1.82) is 0 Å². The molecule has 9 rings (SSSR count). The van der Waals surface area contributed by atoms with Crippen molar-refractivity contribution < 1.29 is 39.4 Å². The lowest BCUT2D eigenvalue weighted by atomic mass is 9.70. The number of fused-ring (bicyclic) bond motifs is 9. The SMILES string of the molecule is COc1cc([C@H]2Oc3c(c4c(c5c3CC[C@H](CO)O5)-c3ccc(O)cc3[C@@H](Cc3ccc5[nH]ccc5c3)C4)C[C@@]2(CNCNC[C@H](C)O)OCNC2CCCCC2)ccc1O. The molecule has 3 heterocycles. The fraction of sp³-hybridized carbons (Fsp3) is 0.469. The number of phenolic OH excluding ortho intramolecular Hbond substituents is 2. The summed E-state index contributed by atoms with van der Waals surface area (Å²) in [6.45, 7) is 3.25. The number of H-pyrrole nitrogens is 1. The number of hydrogen-bond donors (Lipinski definition) is 8. The van der Waals surface area contributed by atoms with Crippen LogP contribution in [0, 0.1) is 0 Å². The number of phenols is 2. The normalized spacial score (nSPS) is 22.7. The van der Waals surface area contributed by atoms with Crippen LogP contribution in [-0.4, -0.2) is 89.5 Å². The predicted octanol–water partition coefficient (Wildman–Crippen LogP) is 6.65. The van der Waals surface area contributed by atoms with Gasteiger partial charge in [-0.05, 0) is 127 Å². The first-order valence-corrected chi connectivity index (χ1v) is 22.1. The molecule has 12 nitrogen and oxygen atoms in total. The zero-order valence-corrected chi connectivity index (χ0v) is 35.3. The average molecular weight is 833 g/mol. The molecule has 12 heteroatoms. The van der Waals surface area contributed by atoms with Gasteiger partial charge in [-0.3, -0.25) is 5.32 Å². The molecule has 0 spiro atoms. The molecule has 5 atom stereocenters. The number of benzene rings is 4. The number of methoxy groups -OCH3 is 1. The lowest BCUT2D eigenvalue weighted by molar-refractivity contribution is -0.132. The Balaban J connectivity index is 1.20. The molecule has 2 aliphatic carbocycles. The van der Waals surface area contributed by atoms with Crippen molar-refractivity contribution >= 4 is 10.9 Å². The van der Waals surface area contributed by atoms with Crippen LogP contribution in [0.4, 0.5) is 0 Å². The molecule has 4 aliphatic rings. The van der Waals surface area contributed by atoms with E-state index in [4.69, 9.17) is 18.9 Å². The van der Waals surface area contributed by atoms with Crippen LogP contribution in [0.3, 0.4) is 0 Å². The molecule has 0 unspecified atom stereocenters. The van der Waals surface area contributed by atoms with Gasteiger partial charge in [0.15, 0.2) is 17.6 Å². The lowest BCUT2D eigenvalue weighted by Crippen LogP contribution is -2.56. The third kappa shape index (κ3) is 8.41. The molecule has 61 heavy (non-hydrogen) atoms. The molecular formula is C49H60N4O8. The van der Waals surface area contributed by atoms with Gasteiger partial charge in [0.2, 0.25) is 0 Å². The highest BCUT2D eigenvalue weighted by Gasteiger charge is 2.50. The Morgan fingerprint density at radius 1 is 0.918 bits per heavy atom. The first kappa shape index (κ1) is 41.5. The Kier molecular flexibility index (Phi) is 12.2. The third-order valence-corrected chi connectivity index (χ3v) is 13.4. The molecule has 0 radical (unpaired) electrons. The van der Waals surface area contributed by atoms with Crippen molar-refractivity contribution in [3.05, 3.63) is 100 Å². The summed E-state index contributed by atoms with van der Waals surface area (Å²) in [5.74, 6) is 2.13. The topological polar surface area (TPSA) is 170 Å². The number of hydrogen-bond acceptors (Lipinski definition) is 11. The molecule has 1 saturated carbocycles. The molecule has 4 aromatic carbocycles. The van der Waals surface area contributed by atoms with Crippen LogP contribution >= 0.6 is 0 Å². The van der Waals surface area contributed by atoms with Gasteiger partial charge < -0.3 is 55.0 Å². The van der Waals surface area contributed by atoms with Crippen molar-refractivity contribution in [2.24, 2.45) is 0 Å². The van der Waals surface area contributed by atoms with E-state index in [-0.39, 0.29) is 30.1 Å². The number of aromatic nitrogens is 1. The maximum atomic E-state index is 11.0. The molecule has 1 aromatic heterocycles. The molecule has 324 valence electrons. The van der Waals surface area contributed by atoms with Gasteiger partial charge in [0.1, 0.15) is 29.0 Å². The maximum Gasteiger partial charge on any atom is 0.160 e. The summed E-state index contributed by atoms with van der Waals surface area (Å²) in [5.41, 5.74) is 8.37. The van der Waals surface area contributed by atoms with Crippen LogP contribution in [0.5, 0.6) is 28.7 Å². The molecule has 8 N–H and O–H groups in total. The number of aliphatic hydroxyl groups excluding tert-OH is 2. The molecule has 0 bridgehead atoms. The summed E-state index contributed by atoms with van der Waals surface area (Å²) in [4.78, 5) is 3.31. The van der Waals surface area contributed by atoms with E-state index in [2.05, 4.69) is 45.2 Å². The van der Waals surface area contributed by atoms with E-state index >= 15 is 0 Å². The minimum atomic E-state index is -0.960. The number of ether oxygens (including phenoxy) is 4. The fourth-order valence-corrected chi connectivity index (χ4v) is 10.3. The molecule has 1 fully saturated rings. The smallest absolute Gasteiger partial charge is 0.160 e. The third-order valence-electron chi connectivity index (χ3n) is 13.4. The molecule has 2 aliphatic heterocycles. The standard InChI is InChI=1S/C49H60N4O8/c1-29(55)24-50-27-51-26-49(59-28-53-34-6-4-3-5-7-34)23-41-40-20-33(19-30-8-14-42-31(18-30)16-17-52-42)39-22-35(56)10-12-37(39)45(40)47-38(13-11-36(25-54)60-47)46(41)61-48(49)32-9-15-43(57)44(21-32)58-2/h8-10,12,14-18,21-22,29,33-34,36,48,50-57H,3-7,11,13,19-20,23-28H2,1-2H3/t29-,33-,36+,48+,49-/m0/s1. The van der Waals surface area contributed by atoms with Gasteiger partial charge in [-0.15, -0.1) is 0 Å². The van der Waals surface area contributed by atoms with Crippen LogP contribution in [0.25, 0.3) is 22.0 Å². The minimum absolute atomic E-state index is 0.0236. The van der Waals surface area contributed by atoms with Crippen molar-refractivity contribution in [3.63, 3.8) is 0 Å².